The highest BCUT2D eigenvalue weighted by Crippen LogP contribution is 2.25. The van der Waals surface area contributed by atoms with Crippen molar-refractivity contribution in [1.29, 1.82) is 0 Å². The predicted octanol–water partition coefficient (Wildman–Crippen LogP) is 0.409. The zero-order valence-electron chi connectivity index (χ0n) is 7.36. The van der Waals surface area contributed by atoms with Gasteiger partial charge in [0.1, 0.15) is 0 Å². The molecular weight excluding hydrogens is 152 g/mol. The fraction of sp³-hybridized carbons (Fsp3) is 0.889. The third-order valence-corrected chi connectivity index (χ3v) is 2.95. The Labute approximate surface area is 72.9 Å². The second-order valence-electron chi connectivity index (χ2n) is 3.97. The van der Waals surface area contributed by atoms with E-state index in [9.17, 15) is 4.79 Å². The quantitative estimate of drug-likeness (QED) is 0.550. The fourth-order valence-corrected chi connectivity index (χ4v) is 2.21. The molecule has 3 heteroatoms. The third-order valence-electron chi connectivity index (χ3n) is 2.95. The van der Waals surface area contributed by atoms with E-state index >= 15 is 0 Å². The molecule has 68 valence electrons. The molecule has 1 amide bonds. The van der Waals surface area contributed by atoms with Gasteiger partial charge in [0.2, 0.25) is 5.91 Å². The van der Waals surface area contributed by atoms with Crippen LogP contribution in [0.4, 0.5) is 0 Å². The lowest BCUT2D eigenvalue weighted by Gasteiger charge is -2.26. The lowest BCUT2D eigenvalue weighted by Crippen LogP contribution is -2.46. The summed E-state index contributed by atoms with van der Waals surface area (Å²) in [4.78, 5) is 11.1. The first-order valence-corrected chi connectivity index (χ1v) is 4.83. The number of rotatable bonds is 0. The van der Waals surface area contributed by atoms with Crippen molar-refractivity contribution in [1.82, 2.24) is 10.6 Å². The molecule has 0 aliphatic carbocycles. The third kappa shape index (κ3) is 1.46. The van der Waals surface area contributed by atoms with Gasteiger partial charge in [-0.2, -0.15) is 0 Å². The van der Waals surface area contributed by atoms with Gasteiger partial charge in [-0.3, -0.25) is 4.79 Å². The molecule has 1 atom stereocenters. The van der Waals surface area contributed by atoms with E-state index in [1.54, 1.807) is 0 Å². The van der Waals surface area contributed by atoms with Crippen molar-refractivity contribution in [3.8, 4) is 0 Å². The van der Waals surface area contributed by atoms with E-state index in [0.29, 0.717) is 6.42 Å². The molecule has 2 N–H and O–H groups in total. The zero-order chi connectivity index (χ0) is 8.44. The van der Waals surface area contributed by atoms with Crippen LogP contribution < -0.4 is 10.6 Å². The Kier molecular flexibility index (Phi) is 2.05. The minimum absolute atomic E-state index is 0.119. The summed E-state index contributed by atoms with van der Waals surface area (Å²) in [6, 6.07) is 0. The van der Waals surface area contributed by atoms with Gasteiger partial charge in [0.05, 0.1) is 0 Å². The van der Waals surface area contributed by atoms with Gasteiger partial charge >= 0.3 is 0 Å². The molecule has 2 fully saturated rings. The predicted molar refractivity (Wildman–Crippen MR) is 46.8 cm³/mol. The maximum atomic E-state index is 11.1. The Hall–Kier alpha value is -0.570. The van der Waals surface area contributed by atoms with E-state index in [-0.39, 0.29) is 11.4 Å². The summed E-state index contributed by atoms with van der Waals surface area (Å²) in [7, 11) is 0. The number of carbonyl (C=O) groups is 1. The van der Waals surface area contributed by atoms with Crippen LogP contribution in [0.3, 0.4) is 0 Å². The van der Waals surface area contributed by atoms with Crippen LogP contribution in [0.25, 0.3) is 0 Å². The Balaban J connectivity index is 2.03. The van der Waals surface area contributed by atoms with Gasteiger partial charge in [0.25, 0.3) is 0 Å². The maximum Gasteiger partial charge on any atom is 0.221 e. The van der Waals surface area contributed by atoms with E-state index in [2.05, 4.69) is 10.6 Å². The zero-order valence-corrected chi connectivity index (χ0v) is 7.36. The van der Waals surface area contributed by atoms with Crippen molar-refractivity contribution in [3.63, 3.8) is 0 Å². The van der Waals surface area contributed by atoms with Crippen molar-refractivity contribution in [2.24, 2.45) is 0 Å². The number of nitrogens with one attached hydrogen (secondary N) is 2. The van der Waals surface area contributed by atoms with Crippen LogP contribution >= 0.6 is 0 Å². The van der Waals surface area contributed by atoms with E-state index in [1.165, 1.54) is 19.3 Å². The van der Waals surface area contributed by atoms with Crippen molar-refractivity contribution < 1.29 is 4.79 Å². The van der Waals surface area contributed by atoms with Gasteiger partial charge in [-0.1, -0.05) is 12.8 Å². The minimum atomic E-state index is 0.119. The molecule has 1 unspecified atom stereocenters. The van der Waals surface area contributed by atoms with Gasteiger partial charge in [0, 0.05) is 18.5 Å². The van der Waals surface area contributed by atoms with Crippen LogP contribution in [0.1, 0.15) is 32.1 Å². The van der Waals surface area contributed by atoms with Gasteiger partial charge in [0.15, 0.2) is 0 Å². The Morgan fingerprint density at radius 1 is 1.25 bits per heavy atom. The molecule has 0 aromatic carbocycles. The number of hydrogen-bond donors (Lipinski definition) is 2. The topological polar surface area (TPSA) is 41.1 Å². The molecule has 0 bridgehead atoms. The fourth-order valence-electron chi connectivity index (χ4n) is 2.21. The molecule has 2 aliphatic rings. The van der Waals surface area contributed by atoms with E-state index in [1.807, 2.05) is 0 Å². The van der Waals surface area contributed by atoms with Crippen LogP contribution in [-0.4, -0.2) is 24.5 Å². The summed E-state index contributed by atoms with van der Waals surface area (Å²) in [5.41, 5.74) is 0.119. The number of amides is 1. The first-order valence-electron chi connectivity index (χ1n) is 4.83. The molecule has 3 nitrogen and oxygen atoms in total. The van der Waals surface area contributed by atoms with Crippen molar-refractivity contribution >= 4 is 5.91 Å². The molecule has 2 heterocycles. The largest absolute Gasteiger partial charge is 0.354 e. The number of hydrogen-bond acceptors (Lipinski definition) is 2. The summed E-state index contributed by atoms with van der Waals surface area (Å²) >= 11 is 0. The molecule has 2 rings (SSSR count). The molecule has 2 saturated heterocycles. The van der Waals surface area contributed by atoms with Gasteiger partial charge < -0.3 is 10.6 Å². The Morgan fingerprint density at radius 3 is 2.92 bits per heavy atom. The van der Waals surface area contributed by atoms with Crippen LogP contribution in [-0.2, 0) is 4.79 Å². The Morgan fingerprint density at radius 2 is 2.17 bits per heavy atom. The van der Waals surface area contributed by atoms with Crippen LogP contribution in [0.5, 0.6) is 0 Å². The lowest BCUT2D eigenvalue weighted by molar-refractivity contribution is -0.119. The molecule has 0 radical (unpaired) electrons. The van der Waals surface area contributed by atoms with Crippen LogP contribution in [0, 0.1) is 0 Å². The first kappa shape index (κ1) is 8.05. The average molecular weight is 168 g/mol. The second-order valence-corrected chi connectivity index (χ2v) is 3.97. The summed E-state index contributed by atoms with van der Waals surface area (Å²) in [5, 5.41) is 6.41. The highest BCUT2D eigenvalue weighted by molar-refractivity contribution is 5.80. The van der Waals surface area contributed by atoms with E-state index < -0.39 is 0 Å². The van der Waals surface area contributed by atoms with Crippen LogP contribution in [0.2, 0.25) is 0 Å². The normalized spacial score (nSPS) is 36.5. The smallest absolute Gasteiger partial charge is 0.221 e. The molecule has 0 aromatic heterocycles. The van der Waals surface area contributed by atoms with Crippen LogP contribution in [0.15, 0.2) is 0 Å². The minimum Gasteiger partial charge on any atom is -0.354 e. The average Bonchev–Trinajstić information content (AvgIpc) is 2.30. The standard InChI is InChI=1S/C9H16N2O/c12-8-6-9(7-10-8)4-2-1-3-5-11-9/h11H,1-7H2,(H,10,12). The molecule has 12 heavy (non-hydrogen) atoms. The van der Waals surface area contributed by atoms with Crippen molar-refractivity contribution in [3.05, 3.63) is 0 Å². The molecule has 2 aliphatic heterocycles. The molecular formula is C9H16N2O. The maximum absolute atomic E-state index is 11.1. The van der Waals surface area contributed by atoms with Gasteiger partial charge in [-0.05, 0) is 19.4 Å². The molecule has 0 aromatic rings. The highest BCUT2D eigenvalue weighted by Gasteiger charge is 2.37. The van der Waals surface area contributed by atoms with Gasteiger partial charge in [-0.25, -0.2) is 0 Å². The van der Waals surface area contributed by atoms with Gasteiger partial charge in [-0.15, -0.1) is 0 Å². The van der Waals surface area contributed by atoms with E-state index in [4.69, 9.17) is 0 Å². The monoisotopic (exact) mass is 168 g/mol. The Bertz CT molecular complexity index is 183. The molecule has 0 saturated carbocycles. The van der Waals surface area contributed by atoms with Crippen molar-refractivity contribution in [2.45, 2.75) is 37.6 Å². The van der Waals surface area contributed by atoms with Crippen molar-refractivity contribution in [2.75, 3.05) is 13.1 Å². The summed E-state index contributed by atoms with van der Waals surface area (Å²) < 4.78 is 0. The lowest BCUT2D eigenvalue weighted by atomic mass is 9.93. The first-order chi connectivity index (χ1) is 5.81. The summed E-state index contributed by atoms with van der Waals surface area (Å²) in [6.45, 7) is 1.92. The summed E-state index contributed by atoms with van der Waals surface area (Å²) in [5.74, 6) is 0.212. The summed E-state index contributed by atoms with van der Waals surface area (Å²) in [6.07, 6.45) is 5.68. The highest BCUT2D eigenvalue weighted by atomic mass is 16.2. The number of carbonyl (C=O) groups excluding carboxylic acids is 1. The SMILES string of the molecule is O=C1CC2(CCCCCN2)CN1. The van der Waals surface area contributed by atoms with E-state index in [0.717, 1.165) is 19.5 Å². The molecule has 1 spiro atoms. The second kappa shape index (κ2) is 3.05.